The average Bonchev–Trinajstić information content (AvgIpc) is 2.73. The number of methoxy groups -OCH3 is 1. The van der Waals surface area contributed by atoms with E-state index in [0.29, 0.717) is 12.0 Å². The van der Waals surface area contributed by atoms with E-state index < -0.39 is 0 Å². The fourth-order valence-corrected chi connectivity index (χ4v) is 2.85. The second-order valence-electron chi connectivity index (χ2n) is 4.99. The van der Waals surface area contributed by atoms with Crippen LogP contribution in [0.3, 0.4) is 0 Å². The van der Waals surface area contributed by atoms with Crippen LogP contribution in [0.25, 0.3) is 0 Å². The minimum absolute atomic E-state index is 0.449. The first-order valence-electron chi connectivity index (χ1n) is 6.39. The number of nitrogens with zero attached hydrogens (tertiary/aromatic N) is 1. The third-order valence-corrected chi connectivity index (χ3v) is 4.39. The van der Waals surface area contributed by atoms with Crippen LogP contribution in [0.15, 0.2) is 12.1 Å². The molecule has 1 aromatic rings. The normalized spacial score (nSPS) is 23.5. The van der Waals surface area contributed by atoms with Gasteiger partial charge in [0.25, 0.3) is 0 Å². The summed E-state index contributed by atoms with van der Waals surface area (Å²) in [6.45, 7) is 6.02. The van der Waals surface area contributed by atoms with Crippen molar-refractivity contribution in [2.75, 3.05) is 25.1 Å². The fourth-order valence-electron chi connectivity index (χ4n) is 2.69. The maximum atomic E-state index is 6.15. The number of rotatable bonds is 3. The zero-order valence-electron chi connectivity index (χ0n) is 11.2. The number of nitrogens with two attached hydrogens (primary N) is 1. The van der Waals surface area contributed by atoms with Crippen molar-refractivity contribution in [2.45, 2.75) is 26.3 Å². The van der Waals surface area contributed by atoms with Crippen molar-refractivity contribution >= 4 is 17.3 Å². The lowest BCUT2D eigenvalue weighted by molar-refractivity contribution is 0.413. The second kappa shape index (κ2) is 5.37. The van der Waals surface area contributed by atoms with E-state index in [2.05, 4.69) is 17.9 Å². The summed E-state index contributed by atoms with van der Waals surface area (Å²) in [5.74, 6) is 1.40. The van der Waals surface area contributed by atoms with Gasteiger partial charge in [-0.15, -0.1) is 0 Å². The molecule has 0 saturated carbocycles. The Hall–Kier alpha value is -0.930. The molecule has 1 saturated heterocycles. The Balaban J connectivity index is 2.36. The molecular formula is C14H21ClN2O. The lowest BCUT2D eigenvalue weighted by Gasteiger charge is -2.28. The molecular weight excluding hydrogens is 248 g/mol. The lowest BCUT2D eigenvalue weighted by atomic mass is 10.0. The maximum absolute atomic E-state index is 6.15. The summed E-state index contributed by atoms with van der Waals surface area (Å²) in [5, 5.41) is 0.748. The molecule has 100 valence electrons. The third-order valence-electron chi connectivity index (χ3n) is 3.99. The summed E-state index contributed by atoms with van der Waals surface area (Å²) >= 11 is 6.15. The standard InChI is InChI=1S/C14H21ClN2O/c1-9-6-13(14(18-3)7-12(9)15)17-5-4-11(8-16)10(17)2/h6-7,10-11H,4-5,8,16H2,1-3H3. The molecule has 1 fully saturated rings. The second-order valence-corrected chi connectivity index (χ2v) is 5.40. The zero-order valence-corrected chi connectivity index (χ0v) is 12.0. The molecule has 0 amide bonds. The van der Waals surface area contributed by atoms with Crippen molar-refractivity contribution in [1.82, 2.24) is 0 Å². The summed E-state index contributed by atoms with van der Waals surface area (Å²) in [5.41, 5.74) is 8.02. The molecule has 0 bridgehead atoms. The molecule has 2 atom stereocenters. The highest BCUT2D eigenvalue weighted by molar-refractivity contribution is 6.31. The Morgan fingerprint density at radius 2 is 2.22 bits per heavy atom. The van der Waals surface area contributed by atoms with Gasteiger partial charge in [-0.3, -0.25) is 0 Å². The van der Waals surface area contributed by atoms with Crippen molar-refractivity contribution in [3.63, 3.8) is 0 Å². The van der Waals surface area contributed by atoms with Crippen LogP contribution in [0.4, 0.5) is 5.69 Å². The highest BCUT2D eigenvalue weighted by Crippen LogP contribution is 2.38. The first-order valence-corrected chi connectivity index (χ1v) is 6.77. The first-order chi connectivity index (χ1) is 8.58. The Bertz CT molecular complexity index is 436. The predicted octanol–water partition coefficient (Wildman–Crippen LogP) is 2.83. The Morgan fingerprint density at radius 3 is 2.78 bits per heavy atom. The van der Waals surface area contributed by atoms with E-state index in [1.807, 2.05) is 13.0 Å². The SMILES string of the molecule is COc1cc(Cl)c(C)cc1N1CCC(CN)C1C. The molecule has 0 radical (unpaired) electrons. The topological polar surface area (TPSA) is 38.5 Å². The maximum Gasteiger partial charge on any atom is 0.143 e. The van der Waals surface area contributed by atoms with Gasteiger partial charge in [-0.1, -0.05) is 11.6 Å². The van der Waals surface area contributed by atoms with Crippen LogP contribution in [0.5, 0.6) is 5.75 Å². The van der Waals surface area contributed by atoms with Gasteiger partial charge in [0, 0.05) is 23.7 Å². The average molecular weight is 269 g/mol. The number of ether oxygens (including phenoxy) is 1. The third kappa shape index (κ3) is 2.29. The predicted molar refractivity (Wildman–Crippen MR) is 76.7 cm³/mol. The highest BCUT2D eigenvalue weighted by Gasteiger charge is 2.31. The number of halogens is 1. The van der Waals surface area contributed by atoms with E-state index in [9.17, 15) is 0 Å². The number of hydrogen-bond donors (Lipinski definition) is 1. The molecule has 0 aromatic heterocycles. The van der Waals surface area contributed by atoms with E-state index in [0.717, 1.165) is 41.5 Å². The quantitative estimate of drug-likeness (QED) is 0.916. The number of benzene rings is 1. The van der Waals surface area contributed by atoms with Crippen molar-refractivity contribution in [3.8, 4) is 5.75 Å². The minimum atomic E-state index is 0.449. The van der Waals surface area contributed by atoms with Crippen LogP contribution < -0.4 is 15.4 Å². The Morgan fingerprint density at radius 1 is 1.50 bits per heavy atom. The molecule has 18 heavy (non-hydrogen) atoms. The molecule has 0 aliphatic carbocycles. The molecule has 2 unspecified atom stereocenters. The van der Waals surface area contributed by atoms with Crippen molar-refractivity contribution in [3.05, 3.63) is 22.7 Å². The number of anilines is 1. The highest BCUT2D eigenvalue weighted by atomic mass is 35.5. The molecule has 2 rings (SSSR count). The van der Waals surface area contributed by atoms with Crippen molar-refractivity contribution in [1.29, 1.82) is 0 Å². The Kier molecular flexibility index (Phi) is 4.03. The van der Waals surface area contributed by atoms with Crippen molar-refractivity contribution < 1.29 is 4.74 Å². The van der Waals surface area contributed by atoms with Gasteiger partial charge in [0.2, 0.25) is 0 Å². The minimum Gasteiger partial charge on any atom is -0.495 e. The van der Waals surface area contributed by atoms with Crippen LogP contribution >= 0.6 is 11.6 Å². The summed E-state index contributed by atoms with van der Waals surface area (Å²) in [6.07, 6.45) is 1.14. The molecule has 4 heteroatoms. The van der Waals surface area contributed by atoms with Crippen LogP contribution in [0, 0.1) is 12.8 Å². The van der Waals surface area contributed by atoms with E-state index in [-0.39, 0.29) is 0 Å². The number of aryl methyl sites for hydroxylation is 1. The summed E-state index contributed by atoms with van der Waals surface area (Å²) in [7, 11) is 1.69. The van der Waals surface area contributed by atoms with E-state index in [1.54, 1.807) is 7.11 Å². The fraction of sp³-hybridized carbons (Fsp3) is 0.571. The largest absolute Gasteiger partial charge is 0.495 e. The smallest absolute Gasteiger partial charge is 0.143 e. The zero-order chi connectivity index (χ0) is 13.3. The first kappa shape index (κ1) is 13.5. The van der Waals surface area contributed by atoms with Gasteiger partial charge in [-0.05, 0) is 44.4 Å². The summed E-state index contributed by atoms with van der Waals surface area (Å²) in [6, 6.07) is 4.45. The number of hydrogen-bond acceptors (Lipinski definition) is 3. The summed E-state index contributed by atoms with van der Waals surface area (Å²) in [4.78, 5) is 2.37. The Labute approximate surface area is 114 Å². The van der Waals surface area contributed by atoms with Gasteiger partial charge in [0.15, 0.2) is 0 Å². The van der Waals surface area contributed by atoms with E-state index in [1.165, 1.54) is 0 Å². The van der Waals surface area contributed by atoms with Gasteiger partial charge in [-0.25, -0.2) is 0 Å². The van der Waals surface area contributed by atoms with E-state index >= 15 is 0 Å². The van der Waals surface area contributed by atoms with Gasteiger partial charge < -0.3 is 15.4 Å². The molecule has 0 spiro atoms. The summed E-state index contributed by atoms with van der Waals surface area (Å²) < 4.78 is 5.45. The van der Waals surface area contributed by atoms with E-state index in [4.69, 9.17) is 22.1 Å². The van der Waals surface area contributed by atoms with Crippen LogP contribution in [-0.4, -0.2) is 26.2 Å². The lowest BCUT2D eigenvalue weighted by Crippen LogP contribution is -2.32. The van der Waals surface area contributed by atoms with Crippen LogP contribution in [-0.2, 0) is 0 Å². The van der Waals surface area contributed by atoms with Gasteiger partial charge in [0.05, 0.1) is 12.8 Å². The van der Waals surface area contributed by atoms with Crippen LogP contribution in [0.2, 0.25) is 5.02 Å². The molecule has 1 aliphatic heterocycles. The molecule has 3 nitrogen and oxygen atoms in total. The van der Waals surface area contributed by atoms with Gasteiger partial charge in [0.1, 0.15) is 5.75 Å². The van der Waals surface area contributed by atoms with Gasteiger partial charge >= 0.3 is 0 Å². The molecule has 1 aromatic carbocycles. The van der Waals surface area contributed by atoms with Crippen LogP contribution in [0.1, 0.15) is 18.9 Å². The molecule has 1 heterocycles. The monoisotopic (exact) mass is 268 g/mol. The van der Waals surface area contributed by atoms with Crippen molar-refractivity contribution in [2.24, 2.45) is 11.7 Å². The van der Waals surface area contributed by atoms with Gasteiger partial charge in [-0.2, -0.15) is 0 Å². The molecule has 2 N–H and O–H groups in total. The molecule has 1 aliphatic rings.